The van der Waals surface area contributed by atoms with Gasteiger partial charge < -0.3 is 10.4 Å². The fourth-order valence-electron chi connectivity index (χ4n) is 3.67. The number of amides is 1. The predicted octanol–water partition coefficient (Wildman–Crippen LogP) is 5.22. The van der Waals surface area contributed by atoms with Crippen LogP contribution in [0.4, 0.5) is 5.69 Å². The normalized spacial score (nSPS) is 13.9. The molecule has 0 heterocycles. The number of carboxylic acids is 1. The number of benzene rings is 3. The van der Waals surface area contributed by atoms with Crippen LogP contribution in [0.15, 0.2) is 78.9 Å². The molecule has 32 heavy (non-hydrogen) atoms. The number of carboxylic acid groups (broad SMARTS) is 1. The van der Waals surface area contributed by atoms with Crippen molar-refractivity contribution in [3.8, 4) is 11.1 Å². The summed E-state index contributed by atoms with van der Waals surface area (Å²) in [5, 5.41) is 12.5. The summed E-state index contributed by atoms with van der Waals surface area (Å²) in [5.74, 6) is -1.67. The van der Waals surface area contributed by atoms with Gasteiger partial charge in [0.15, 0.2) is 5.78 Å². The smallest absolute Gasteiger partial charge is 0.307 e. The van der Waals surface area contributed by atoms with Gasteiger partial charge in [-0.25, -0.2) is 0 Å². The maximum Gasteiger partial charge on any atom is 0.307 e. The molecule has 5 heteroatoms. The Kier molecular flexibility index (Phi) is 6.45. The van der Waals surface area contributed by atoms with Crippen molar-refractivity contribution < 1.29 is 19.5 Å². The molecule has 1 amide bonds. The van der Waals surface area contributed by atoms with Gasteiger partial charge >= 0.3 is 5.97 Å². The minimum absolute atomic E-state index is 0.0427. The van der Waals surface area contributed by atoms with Crippen molar-refractivity contribution in [3.05, 3.63) is 90.0 Å². The number of aliphatic carboxylic acids is 1. The molecule has 1 atom stereocenters. The average Bonchev–Trinajstić information content (AvgIpc) is 3.65. The molecule has 0 aliphatic heterocycles. The first-order valence-corrected chi connectivity index (χ1v) is 10.8. The molecule has 0 spiro atoms. The molecule has 1 aliphatic rings. The Morgan fingerprint density at radius 1 is 0.844 bits per heavy atom. The number of Topliss-reactive ketones (excluding diaryl/α,β-unsaturated/α-hetero) is 1. The minimum atomic E-state index is -0.965. The van der Waals surface area contributed by atoms with Crippen molar-refractivity contribution in [2.75, 3.05) is 5.32 Å². The zero-order valence-electron chi connectivity index (χ0n) is 17.7. The fourth-order valence-corrected chi connectivity index (χ4v) is 3.67. The number of ketones is 1. The van der Waals surface area contributed by atoms with Crippen molar-refractivity contribution in [2.45, 2.75) is 25.7 Å². The lowest BCUT2D eigenvalue weighted by molar-refractivity contribution is -0.141. The Bertz CT molecular complexity index is 1100. The molecular weight excluding hydrogens is 402 g/mol. The zero-order chi connectivity index (χ0) is 22.5. The molecule has 1 unspecified atom stereocenters. The number of hydrogen-bond donors (Lipinski definition) is 2. The van der Waals surface area contributed by atoms with Crippen LogP contribution in [0.3, 0.4) is 0 Å². The summed E-state index contributed by atoms with van der Waals surface area (Å²) in [4.78, 5) is 36.2. The predicted molar refractivity (Wildman–Crippen MR) is 123 cm³/mol. The van der Waals surface area contributed by atoms with Crippen LogP contribution in [0.2, 0.25) is 0 Å². The second kappa shape index (κ2) is 9.60. The first-order valence-electron chi connectivity index (χ1n) is 10.8. The molecule has 2 N–H and O–H groups in total. The van der Waals surface area contributed by atoms with E-state index in [4.69, 9.17) is 0 Å². The van der Waals surface area contributed by atoms with E-state index in [1.54, 1.807) is 12.1 Å². The second-order valence-electron chi connectivity index (χ2n) is 8.27. The molecule has 1 fully saturated rings. The van der Waals surface area contributed by atoms with E-state index in [0.29, 0.717) is 12.0 Å². The van der Waals surface area contributed by atoms with E-state index in [1.807, 2.05) is 66.7 Å². The standard InChI is InChI=1S/C27H25NO4/c29-25(17-23(27(31)32)16-18-4-2-1-3-5-18)21-8-6-19(7-9-21)20-12-14-24(15-13-20)28-26(30)22-10-11-22/h1-9,12-15,22-23H,10-11,16-17H2,(H,28,30)(H,31,32). The highest BCUT2D eigenvalue weighted by atomic mass is 16.4. The average molecular weight is 428 g/mol. The third-order valence-electron chi connectivity index (χ3n) is 5.75. The highest BCUT2D eigenvalue weighted by Gasteiger charge is 2.29. The number of carbonyl (C=O) groups is 3. The van der Waals surface area contributed by atoms with Crippen LogP contribution in [0.1, 0.15) is 35.2 Å². The lowest BCUT2D eigenvalue weighted by atomic mass is 9.91. The molecule has 5 nitrogen and oxygen atoms in total. The van der Waals surface area contributed by atoms with Crippen LogP contribution < -0.4 is 5.32 Å². The number of hydrogen-bond acceptors (Lipinski definition) is 3. The first kappa shape index (κ1) is 21.5. The molecule has 3 aromatic carbocycles. The number of rotatable bonds is 9. The summed E-state index contributed by atoms with van der Waals surface area (Å²) in [6.07, 6.45) is 2.21. The summed E-state index contributed by atoms with van der Waals surface area (Å²) >= 11 is 0. The van der Waals surface area contributed by atoms with Crippen LogP contribution >= 0.6 is 0 Å². The largest absolute Gasteiger partial charge is 0.481 e. The lowest BCUT2D eigenvalue weighted by Gasteiger charge is -2.12. The van der Waals surface area contributed by atoms with E-state index in [0.717, 1.165) is 35.2 Å². The van der Waals surface area contributed by atoms with Crippen molar-refractivity contribution in [2.24, 2.45) is 11.8 Å². The Morgan fingerprint density at radius 2 is 1.44 bits per heavy atom. The number of anilines is 1. The Labute approximate surface area is 187 Å². The molecule has 0 saturated heterocycles. The Hall–Kier alpha value is -3.73. The summed E-state index contributed by atoms with van der Waals surface area (Å²) in [6.45, 7) is 0. The summed E-state index contributed by atoms with van der Waals surface area (Å²) in [6, 6.07) is 24.1. The van der Waals surface area contributed by atoms with E-state index in [9.17, 15) is 19.5 Å². The Morgan fingerprint density at radius 3 is 2.00 bits per heavy atom. The highest BCUT2D eigenvalue weighted by molar-refractivity contribution is 5.98. The summed E-state index contributed by atoms with van der Waals surface area (Å²) in [5.41, 5.74) is 4.10. The molecule has 0 aromatic heterocycles. The van der Waals surface area contributed by atoms with Crippen LogP contribution in [0.25, 0.3) is 11.1 Å². The quantitative estimate of drug-likeness (QED) is 0.459. The van der Waals surface area contributed by atoms with Gasteiger partial charge in [0.1, 0.15) is 0 Å². The van der Waals surface area contributed by atoms with E-state index in [-0.39, 0.29) is 24.0 Å². The van der Waals surface area contributed by atoms with E-state index >= 15 is 0 Å². The summed E-state index contributed by atoms with van der Waals surface area (Å²) < 4.78 is 0. The molecule has 1 aliphatic carbocycles. The third-order valence-corrected chi connectivity index (χ3v) is 5.75. The van der Waals surface area contributed by atoms with Crippen molar-refractivity contribution >= 4 is 23.3 Å². The number of carbonyl (C=O) groups excluding carboxylic acids is 2. The van der Waals surface area contributed by atoms with E-state index in [1.165, 1.54) is 0 Å². The minimum Gasteiger partial charge on any atom is -0.481 e. The SMILES string of the molecule is O=C(CC(Cc1ccccc1)C(=O)O)c1ccc(-c2ccc(NC(=O)C3CC3)cc2)cc1. The van der Waals surface area contributed by atoms with Gasteiger partial charge in [0.25, 0.3) is 0 Å². The number of nitrogens with one attached hydrogen (secondary N) is 1. The van der Waals surface area contributed by atoms with Crippen molar-refractivity contribution in [1.29, 1.82) is 0 Å². The topological polar surface area (TPSA) is 83.5 Å². The molecular formula is C27H25NO4. The highest BCUT2D eigenvalue weighted by Crippen LogP contribution is 2.30. The van der Waals surface area contributed by atoms with E-state index < -0.39 is 11.9 Å². The molecule has 0 bridgehead atoms. The van der Waals surface area contributed by atoms with Gasteiger partial charge in [-0.2, -0.15) is 0 Å². The molecule has 1 saturated carbocycles. The summed E-state index contributed by atoms with van der Waals surface area (Å²) in [7, 11) is 0. The molecule has 3 aromatic rings. The Balaban J connectivity index is 1.39. The van der Waals surface area contributed by atoms with Gasteiger partial charge in [-0.15, -0.1) is 0 Å². The van der Waals surface area contributed by atoms with Gasteiger partial charge in [-0.1, -0.05) is 66.7 Å². The van der Waals surface area contributed by atoms with Crippen molar-refractivity contribution in [3.63, 3.8) is 0 Å². The zero-order valence-corrected chi connectivity index (χ0v) is 17.7. The molecule has 4 rings (SSSR count). The van der Waals surface area contributed by atoms with Gasteiger partial charge in [-0.3, -0.25) is 14.4 Å². The fraction of sp³-hybridized carbons (Fsp3) is 0.222. The van der Waals surface area contributed by atoms with Crippen molar-refractivity contribution in [1.82, 2.24) is 0 Å². The monoisotopic (exact) mass is 427 g/mol. The van der Waals surface area contributed by atoms with Gasteiger partial charge in [0.05, 0.1) is 5.92 Å². The van der Waals surface area contributed by atoms with Crippen LogP contribution in [0, 0.1) is 11.8 Å². The maximum absolute atomic E-state index is 12.7. The van der Waals surface area contributed by atoms with Crippen LogP contribution in [-0.4, -0.2) is 22.8 Å². The molecule has 162 valence electrons. The second-order valence-corrected chi connectivity index (χ2v) is 8.27. The third kappa shape index (κ3) is 5.49. The van der Waals surface area contributed by atoms with E-state index in [2.05, 4.69) is 5.32 Å². The molecule has 0 radical (unpaired) electrons. The first-order chi connectivity index (χ1) is 15.5. The maximum atomic E-state index is 12.7. The van der Waals surface area contributed by atoms with Gasteiger partial charge in [0.2, 0.25) is 5.91 Å². The van der Waals surface area contributed by atoms with Crippen LogP contribution in [0.5, 0.6) is 0 Å². The van der Waals surface area contributed by atoms with Gasteiger partial charge in [0, 0.05) is 23.6 Å². The lowest BCUT2D eigenvalue weighted by Crippen LogP contribution is -2.20. The van der Waals surface area contributed by atoms with Gasteiger partial charge in [-0.05, 0) is 48.1 Å². The van der Waals surface area contributed by atoms with Crippen LogP contribution in [-0.2, 0) is 16.0 Å².